The molecule has 21 heavy (non-hydrogen) atoms. The van der Waals surface area contributed by atoms with Gasteiger partial charge in [-0.25, -0.2) is 0 Å². The van der Waals surface area contributed by atoms with Gasteiger partial charge in [0.2, 0.25) is 0 Å². The number of nitrogens with two attached hydrogens (primary N) is 1. The van der Waals surface area contributed by atoms with Crippen LogP contribution in [0, 0.1) is 0 Å². The summed E-state index contributed by atoms with van der Waals surface area (Å²) in [5.74, 6) is 0.519. The van der Waals surface area contributed by atoms with Gasteiger partial charge in [-0.05, 0) is 44.3 Å². The number of halogens is 1. The zero-order chi connectivity index (χ0) is 15.7. The van der Waals surface area contributed by atoms with E-state index in [1.165, 1.54) is 0 Å². The fraction of sp³-hybridized carbons (Fsp3) is 0.500. The van der Waals surface area contributed by atoms with E-state index in [-0.39, 0.29) is 11.2 Å². The Morgan fingerprint density at radius 3 is 2.10 bits per heavy atom. The Bertz CT molecular complexity index is 510. The third kappa shape index (κ3) is 3.51. The lowest BCUT2D eigenvalue weighted by atomic mass is 9.77. The molecule has 0 unspecified atom stereocenters. The molecule has 1 aromatic carbocycles. The highest BCUT2D eigenvalue weighted by molar-refractivity contribution is 6.55. The zero-order valence-electron chi connectivity index (χ0n) is 13.2. The van der Waals surface area contributed by atoms with Crippen molar-refractivity contribution in [2.75, 3.05) is 6.54 Å². The summed E-state index contributed by atoms with van der Waals surface area (Å²) in [4.78, 5) is 0. The molecular weight excluding hydrogens is 284 g/mol. The highest BCUT2D eigenvalue weighted by Gasteiger charge is 2.52. The molecule has 0 atom stereocenters. The molecule has 1 heterocycles. The number of alkyl halides is 1. The Morgan fingerprint density at radius 2 is 1.67 bits per heavy atom. The molecular formula is C16H23BClNO2. The molecule has 1 saturated heterocycles. The number of rotatable bonds is 4. The first-order chi connectivity index (χ1) is 9.79. The molecule has 5 heteroatoms. The maximum atomic E-state index is 6.04. The Morgan fingerprint density at radius 1 is 1.14 bits per heavy atom. The van der Waals surface area contributed by atoms with Crippen LogP contribution in [0.15, 0.2) is 29.7 Å². The maximum absolute atomic E-state index is 6.04. The van der Waals surface area contributed by atoms with Crippen molar-refractivity contribution >= 4 is 24.8 Å². The summed E-state index contributed by atoms with van der Waals surface area (Å²) in [5, 5.41) is 0. The van der Waals surface area contributed by atoms with Crippen molar-refractivity contribution in [3.63, 3.8) is 0 Å². The summed E-state index contributed by atoms with van der Waals surface area (Å²) >= 11 is 5.80. The Kier molecular flexibility index (Phi) is 4.84. The van der Waals surface area contributed by atoms with E-state index in [1.54, 1.807) is 0 Å². The quantitative estimate of drug-likeness (QED) is 0.685. The van der Waals surface area contributed by atoms with Gasteiger partial charge in [0, 0.05) is 12.4 Å². The van der Waals surface area contributed by atoms with Crippen molar-refractivity contribution in [1.82, 2.24) is 0 Å². The van der Waals surface area contributed by atoms with Gasteiger partial charge in [-0.1, -0.05) is 30.3 Å². The lowest BCUT2D eigenvalue weighted by molar-refractivity contribution is 0.00578. The van der Waals surface area contributed by atoms with Crippen molar-refractivity contribution in [3.8, 4) is 0 Å². The van der Waals surface area contributed by atoms with Crippen LogP contribution in [0.1, 0.15) is 38.8 Å². The van der Waals surface area contributed by atoms with Gasteiger partial charge >= 0.3 is 7.12 Å². The number of hydrogen-bond donors (Lipinski definition) is 1. The van der Waals surface area contributed by atoms with Crippen molar-refractivity contribution in [2.24, 2.45) is 5.73 Å². The predicted octanol–water partition coefficient (Wildman–Crippen LogP) is 3.40. The van der Waals surface area contributed by atoms with Gasteiger partial charge in [-0.15, -0.1) is 11.6 Å². The molecule has 0 amide bonds. The summed E-state index contributed by atoms with van der Waals surface area (Å²) in [6.07, 6.45) is 2.03. The Hall–Kier alpha value is -0.805. The van der Waals surface area contributed by atoms with Crippen molar-refractivity contribution < 1.29 is 9.31 Å². The first-order valence-electron chi connectivity index (χ1n) is 7.20. The molecule has 2 N–H and O–H groups in total. The minimum absolute atomic E-state index is 0.353. The van der Waals surface area contributed by atoms with Crippen LogP contribution in [0.3, 0.4) is 0 Å². The standard InChI is InChI=1S/C16H23BClNO2/c1-15(2)16(3,4)21-17(20-15)14(11-19)9-12-5-7-13(10-18)8-6-12/h5-9H,10-11,19H2,1-4H3. The zero-order valence-corrected chi connectivity index (χ0v) is 13.9. The van der Waals surface area contributed by atoms with Gasteiger partial charge in [0.05, 0.1) is 11.2 Å². The highest BCUT2D eigenvalue weighted by atomic mass is 35.5. The van der Waals surface area contributed by atoms with Crippen LogP contribution < -0.4 is 5.73 Å². The van der Waals surface area contributed by atoms with Crippen molar-refractivity contribution in [3.05, 3.63) is 40.9 Å². The van der Waals surface area contributed by atoms with E-state index in [4.69, 9.17) is 26.6 Å². The predicted molar refractivity (Wildman–Crippen MR) is 89.1 cm³/mol. The summed E-state index contributed by atoms with van der Waals surface area (Å²) in [5.41, 5.74) is 8.28. The average Bonchev–Trinajstić information content (AvgIpc) is 2.65. The van der Waals surface area contributed by atoms with Crippen molar-refractivity contribution in [1.29, 1.82) is 0 Å². The molecule has 0 radical (unpaired) electrons. The molecule has 114 valence electrons. The largest absolute Gasteiger partial charge is 0.491 e. The van der Waals surface area contributed by atoms with Gasteiger partial charge in [0.15, 0.2) is 0 Å². The van der Waals surface area contributed by atoms with E-state index < -0.39 is 7.12 Å². The Balaban J connectivity index is 2.22. The van der Waals surface area contributed by atoms with E-state index >= 15 is 0 Å². The summed E-state index contributed by atoms with van der Waals surface area (Å²) < 4.78 is 12.1. The molecule has 0 aliphatic carbocycles. The maximum Gasteiger partial charge on any atom is 0.491 e. The SMILES string of the molecule is CC1(C)OB(C(=Cc2ccc(CCl)cc2)CN)OC1(C)C. The third-order valence-electron chi connectivity index (χ3n) is 4.28. The summed E-state index contributed by atoms with van der Waals surface area (Å²) in [6.45, 7) is 8.55. The molecule has 0 bridgehead atoms. The normalized spacial score (nSPS) is 20.9. The van der Waals surface area contributed by atoms with Gasteiger partial charge in [0.25, 0.3) is 0 Å². The lowest BCUT2D eigenvalue weighted by Crippen LogP contribution is -2.41. The molecule has 0 aromatic heterocycles. The second-order valence-corrected chi connectivity index (χ2v) is 6.65. The third-order valence-corrected chi connectivity index (χ3v) is 4.59. The molecule has 0 saturated carbocycles. The monoisotopic (exact) mass is 307 g/mol. The van der Waals surface area contributed by atoms with Crippen LogP contribution in [-0.2, 0) is 15.2 Å². The molecule has 1 aliphatic rings. The summed E-state index contributed by atoms with van der Waals surface area (Å²) in [7, 11) is -0.396. The van der Waals surface area contributed by atoms with Gasteiger partial charge in [-0.3, -0.25) is 0 Å². The van der Waals surface area contributed by atoms with E-state index in [0.717, 1.165) is 16.6 Å². The average molecular weight is 308 g/mol. The van der Waals surface area contributed by atoms with Gasteiger partial charge < -0.3 is 15.0 Å². The van der Waals surface area contributed by atoms with E-state index in [1.807, 2.05) is 58.0 Å². The molecule has 1 aliphatic heterocycles. The van der Waals surface area contributed by atoms with Crippen LogP contribution in [0.2, 0.25) is 0 Å². The van der Waals surface area contributed by atoms with Crippen LogP contribution in [0.4, 0.5) is 0 Å². The van der Waals surface area contributed by atoms with Crippen LogP contribution in [-0.4, -0.2) is 24.9 Å². The minimum atomic E-state index is -0.396. The molecule has 0 spiro atoms. The minimum Gasteiger partial charge on any atom is -0.400 e. The van der Waals surface area contributed by atoms with Gasteiger partial charge in [-0.2, -0.15) is 0 Å². The fourth-order valence-electron chi connectivity index (χ4n) is 2.13. The van der Waals surface area contributed by atoms with Crippen LogP contribution in [0.25, 0.3) is 6.08 Å². The van der Waals surface area contributed by atoms with E-state index in [2.05, 4.69) is 0 Å². The smallest absolute Gasteiger partial charge is 0.400 e. The topological polar surface area (TPSA) is 44.5 Å². The molecule has 2 rings (SSSR count). The number of benzene rings is 1. The lowest BCUT2D eigenvalue weighted by Gasteiger charge is -2.32. The fourth-order valence-corrected chi connectivity index (χ4v) is 2.31. The second kappa shape index (κ2) is 6.13. The number of hydrogen-bond acceptors (Lipinski definition) is 3. The first kappa shape index (κ1) is 16.6. The molecule has 1 aromatic rings. The second-order valence-electron chi connectivity index (χ2n) is 6.39. The van der Waals surface area contributed by atoms with Crippen LogP contribution >= 0.6 is 11.6 Å². The Labute approximate surface area is 132 Å². The van der Waals surface area contributed by atoms with E-state index in [9.17, 15) is 0 Å². The van der Waals surface area contributed by atoms with Crippen LogP contribution in [0.5, 0.6) is 0 Å². The highest BCUT2D eigenvalue weighted by Crippen LogP contribution is 2.38. The molecule has 1 fully saturated rings. The summed E-state index contributed by atoms with van der Waals surface area (Å²) in [6, 6.07) is 8.08. The van der Waals surface area contributed by atoms with E-state index in [0.29, 0.717) is 12.4 Å². The first-order valence-corrected chi connectivity index (χ1v) is 7.73. The van der Waals surface area contributed by atoms with Gasteiger partial charge in [0.1, 0.15) is 0 Å². The van der Waals surface area contributed by atoms with Crippen molar-refractivity contribution in [2.45, 2.75) is 44.8 Å². The molecule has 3 nitrogen and oxygen atoms in total.